The van der Waals surface area contributed by atoms with Gasteiger partial charge < -0.3 is 15.1 Å². The average molecular weight is 293 g/mol. The molecule has 0 atom stereocenters. The Balaban J connectivity index is 1.70. The molecule has 0 radical (unpaired) electrons. The van der Waals surface area contributed by atoms with E-state index in [0.717, 1.165) is 24.8 Å². The molecule has 1 aliphatic heterocycles. The molecule has 2 aliphatic rings. The Morgan fingerprint density at radius 1 is 1.24 bits per heavy atom. The fourth-order valence-electron chi connectivity index (χ4n) is 3.54. The number of hydrogen-bond acceptors (Lipinski definition) is 2. The summed E-state index contributed by atoms with van der Waals surface area (Å²) in [5, 5.41) is 3.15. The van der Waals surface area contributed by atoms with Crippen LogP contribution in [0.3, 0.4) is 0 Å². The fraction of sp³-hybridized carbons (Fsp3) is 0.824. The summed E-state index contributed by atoms with van der Waals surface area (Å²) in [4.78, 5) is 16.3. The van der Waals surface area contributed by atoms with Crippen molar-refractivity contribution in [3.8, 4) is 0 Å². The molecular weight excluding hydrogens is 262 g/mol. The van der Waals surface area contributed by atoms with Crippen LogP contribution >= 0.6 is 0 Å². The minimum Gasteiger partial charge on any atom is -0.335 e. The quantitative estimate of drug-likeness (QED) is 0.809. The summed E-state index contributed by atoms with van der Waals surface area (Å²) >= 11 is 0. The van der Waals surface area contributed by atoms with Crippen molar-refractivity contribution in [3.05, 3.63) is 12.7 Å². The van der Waals surface area contributed by atoms with Crippen LogP contribution in [0.4, 0.5) is 4.79 Å². The maximum Gasteiger partial charge on any atom is 0.317 e. The van der Waals surface area contributed by atoms with Crippen LogP contribution in [-0.2, 0) is 0 Å². The van der Waals surface area contributed by atoms with Gasteiger partial charge in [0, 0.05) is 25.7 Å². The largest absolute Gasteiger partial charge is 0.335 e. The van der Waals surface area contributed by atoms with E-state index in [4.69, 9.17) is 0 Å². The zero-order chi connectivity index (χ0) is 15.2. The van der Waals surface area contributed by atoms with Crippen LogP contribution in [0.5, 0.6) is 0 Å². The smallest absolute Gasteiger partial charge is 0.317 e. The summed E-state index contributed by atoms with van der Waals surface area (Å²) in [6.45, 7) is 9.18. The molecule has 120 valence electrons. The highest BCUT2D eigenvalue weighted by molar-refractivity contribution is 5.74. The normalized spacial score (nSPS) is 28.1. The van der Waals surface area contributed by atoms with Crippen molar-refractivity contribution in [1.82, 2.24) is 15.1 Å². The summed E-state index contributed by atoms with van der Waals surface area (Å²) in [6.07, 6.45) is 9.14. The number of nitrogens with one attached hydrogen (secondary N) is 1. The van der Waals surface area contributed by atoms with Gasteiger partial charge in [0.1, 0.15) is 0 Å². The molecule has 4 nitrogen and oxygen atoms in total. The molecule has 21 heavy (non-hydrogen) atoms. The predicted molar refractivity (Wildman–Crippen MR) is 87.4 cm³/mol. The Morgan fingerprint density at radius 3 is 2.43 bits per heavy atom. The number of piperidine rings is 1. The van der Waals surface area contributed by atoms with E-state index in [-0.39, 0.29) is 6.03 Å². The lowest BCUT2D eigenvalue weighted by molar-refractivity contribution is 0.103. The van der Waals surface area contributed by atoms with Crippen molar-refractivity contribution < 1.29 is 4.79 Å². The number of carbonyl (C=O) groups excluding carboxylic acids is 1. The van der Waals surface area contributed by atoms with Gasteiger partial charge in [-0.05, 0) is 57.5 Å². The van der Waals surface area contributed by atoms with Crippen molar-refractivity contribution in [2.24, 2.45) is 5.92 Å². The van der Waals surface area contributed by atoms with Crippen molar-refractivity contribution in [2.45, 2.75) is 57.5 Å². The van der Waals surface area contributed by atoms with Gasteiger partial charge in [-0.15, -0.1) is 6.58 Å². The van der Waals surface area contributed by atoms with Gasteiger partial charge in [-0.1, -0.05) is 13.0 Å². The lowest BCUT2D eigenvalue weighted by atomic mass is 9.88. The van der Waals surface area contributed by atoms with Crippen LogP contribution in [0.25, 0.3) is 0 Å². The Hall–Kier alpha value is -1.03. The van der Waals surface area contributed by atoms with Gasteiger partial charge in [0.25, 0.3) is 0 Å². The van der Waals surface area contributed by atoms with Gasteiger partial charge in [-0.2, -0.15) is 0 Å². The first-order chi connectivity index (χ1) is 10.1. The molecule has 4 heteroatoms. The number of carbonyl (C=O) groups is 1. The second-order valence-electron chi connectivity index (χ2n) is 6.84. The molecule has 2 rings (SSSR count). The molecule has 0 aromatic carbocycles. The molecule has 2 amide bonds. The average Bonchev–Trinajstić information content (AvgIpc) is 2.49. The molecule has 0 bridgehead atoms. The summed E-state index contributed by atoms with van der Waals surface area (Å²) in [7, 11) is 1.82. The molecule has 1 saturated carbocycles. The second kappa shape index (κ2) is 7.83. The second-order valence-corrected chi connectivity index (χ2v) is 6.84. The molecule has 2 fully saturated rings. The molecule has 1 saturated heterocycles. The van der Waals surface area contributed by atoms with E-state index >= 15 is 0 Å². The maximum absolute atomic E-state index is 12.0. The topological polar surface area (TPSA) is 35.6 Å². The minimum absolute atomic E-state index is 0.0325. The van der Waals surface area contributed by atoms with E-state index in [2.05, 4.69) is 23.7 Å². The number of nitrogens with zero attached hydrogens (tertiary/aromatic N) is 2. The first-order valence-corrected chi connectivity index (χ1v) is 8.46. The molecule has 1 N–H and O–H groups in total. The van der Waals surface area contributed by atoms with E-state index in [1.807, 2.05) is 7.05 Å². The SMILES string of the molecule is C=CCN(C)C(=O)NC1CCC(N2CCC(C)CC2)CC1. The highest BCUT2D eigenvalue weighted by Crippen LogP contribution is 2.27. The molecule has 0 aromatic rings. The number of rotatable bonds is 4. The van der Waals surface area contributed by atoms with Gasteiger partial charge in [0.15, 0.2) is 0 Å². The molecule has 1 aliphatic carbocycles. The van der Waals surface area contributed by atoms with Crippen molar-refractivity contribution >= 4 is 6.03 Å². The van der Waals surface area contributed by atoms with Crippen LogP contribution in [0.2, 0.25) is 0 Å². The van der Waals surface area contributed by atoms with Crippen LogP contribution in [-0.4, -0.2) is 54.6 Å². The van der Waals surface area contributed by atoms with E-state index < -0.39 is 0 Å². The van der Waals surface area contributed by atoms with Crippen LogP contribution in [0.1, 0.15) is 45.4 Å². The molecule has 0 spiro atoms. The first-order valence-electron chi connectivity index (χ1n) is 8.46. The summed E-state index contributed by atoms with van der Waals surface area (Å²) in [6, 6.07) is 1.13. The first kappa shape index (κ1) is 16.3. The third-order valence-electron chi connectivity index (χ3n) is 5.11. The van der Waals surface area contributed by atoms with Gasteiger partial charge in [-0.3, -0.25) is 0 Å². The minimum atomic E-state index is 0.0325. The Kier molecular flexibility index (Phi) is 6.09. The van der Waals surface area contributed by atoms with Crippen molar-refractivity contribution in [3.63, 3.8) is 0 Å². The third kappa shape index (κ3) is 4.73. The highest BCUT2D eigenvalue weighted by atomic mass is 16.2. The lowest BCUT2D eigenvalue weighted by Crippen LogP contribution is -2.48. The fourth-order valence-corrected chi connectivity index (χ4v) is 3.54. The number of likely N-dealkylation sites (N-methyl/N-ethyl adjacent to an activating group) is 1. The summed E-state index contributed by atoms with van der Waals surface area (Å²) in [5.41, 5.74) is 0. The number of likely N-dealkylation sites (tertiary alicyclic amines) is 1. The van der Waals surface area contributed by atoms with Crippen LogP contribution in [0.15, 0.2) is 12.7 Å². The Bertz CT molecular complexity index is 342. The Labute approximate surface area is 129 Å². The van der Waals surface area contributed by atoms with Crippen LogP contribution in [0, 0.1) is 5.92 Å². The van der Waals surface area contributed by atoms with E-state index in [1.54, 1.807) is 11.0 Å². The van der Waals surface area contributed by atoms with E-state index in [1.165, 1.54) is 38.8 Å². The van der Waals surface area contributed by atoms with Gasteiger partial charge >= 0.3 is 6.03 Å². The molecule has 0 aromatic heterocycles. The van der Waals surface area contributed by atoms with Crippen molar-refractivity contribution in [2.75, 3.05) is 26.7 Å². The van der Waals surface area contributed by atoms with Gasteiger partial charge in [0.05, 0.1) is 0 Å². The standard InChI is InChI=1S/C17H31N3O/c1-4-11-19(3)17(21)18-15-5-7-16(8-6-15)20-12-9-14(2)10-13-20/h4,14-16H,1,5-13H2,2-3H3,(H,18,21). The predicted octanol–water partition coefficient (Wildman–Crippen LogP) is 2.86. The third-order valence-corrected chi connectivity index (χ3v) is 5.11. The number of hydrogen-bond donors (Lipinski definition) is 1. The lowest BCUT2D eigenvalue weighted by Gasteiger charge is -2.40. The monoisotopic (exact) mass is 293 g/mol. The maximum atomic E-state index is 12.0. The molecule has 1 heterocycles. The molecular formula is C17H31N3O. The number of urea groups is 1. The van der Waals surface area contributed by atoms with Crippen molar-refractivity contribution in [1.29, 1.82) is 0 Å². The zero-order valence-corrected chi connectivity index (χ0v) is 13.7. The molecule has 0 unspecified atom stereocenters. The summed E-state index contributed by atoms with van der Waals surface area (Å²) in [5.74, 6) is 0.900. The van der Waals surface area contributed by atoms with E-state index in [0.29, 0.717) is 12.6 Å². The highest BCUT2D eigenvalue weighted by Gasteiger charge is 2.28. The summed E-state index contributed by atoms with van der Waals surface area (Å²) < 4.78 is 0. The zero-order valence-electron chi connectivity index (χ0n) is 13.7. The van der Waals surface area contributed by atoms with Crippen LogP contribution < -0.4 is 5.32 Å². The Morgan fingerprint density at radius 2 is 1.86 bits per heavy atom. The van der Waals surface area contributed by atoms with Gasteiger partial charge in [0.2, 0.25) is 0 Å². The van der Waals surface area contributed by atoms with Gasteiger partial charge in [-0.25, -0.2) is 4.79 Å². The van der Waals surface area contributed by atoms with E-state index in [9.17, 15) is 4.79 Å². The number of amides is 2.